The van der Waals surface area contributed by atoms with Gasteiger partial charge in [0.2, 0.25) is 0 Å². The lowest BCUT2D eigenvalue weighted by atomic mass is 9.85. The molecule has 2 saturated heterocycles. The summed E-state index contributed by atoms with van der Waals surface area (Å²) in [5.41, 5.74) is 4.00. The number of hydrogen-bond donors (Lipinski definition) is 1. The van der Waals surface area contributed by atoms with E-state index in [9.17, 15) is 4.79 Å². The van der Waals surface area contributed by atoms with E-state index < -0.39 is 0 Å². The van der Waals surface area contributed by atoms with Gasteiger partial charge >= 0.3 is 6.03 Å². The Bertz CT molecular complexity index is 1160. The molecule has 2 fully saturated rings. The molecule has 5 rings (SSSR count). The topological polar surface area (TPSA) is 64.7 Å². The highest BCUT2D eigenvalue weighted by Crippen LogP contribution is 2.40. The normalized spacial score (nSPS) is 17.8. The summed E-state index contributed by atoms with van der Waals surface area (Å²) < 4.78 is 5.46. The van der Waals surface area contributed by atoms with Crippen LogP contribution in [0.1, 0.15) is 45.1 Å². The maximum absolute atomic E-state index is 14.0. The number of ether oxygens (including phenoxy) is 1. The van der Waals surface area contributed by atoms with Crippen LogP contribution in [0.15, 0.2) is 60.9 Å². The van der Waals surface area contributed by atoms with Crippen molar-refractivity contribution in [2.75, 3.05) is 38.2 Å². The van der Waals surface area contributed by atoms with Crippen LogP contribution in [-0.2, 0) is 6.54 Å². The Morgan fingerprint density at radius 1 is 1.05 bits per heavy atom. The Balaban J connectivity index is 1.39. The van der Waals surface area contributed by atoms with Crippen LogP contribution in [0.4, 0.5) is 10.5 Å². The fraction of sp³-hybridized carbons (Fsp3) is 0.467. The molecule has 7 nitrogen and oxygen atoms in total. The van der Waals surface area contributed by atoms with Gasteiger partial charge < -0.3 is 14.5 Å². The van der Waals surface area contributed by atoms with Crippen LogP contribution in [0.5, 0.6) is 5.75 Å². The number of hydrogen-bond acceptors (Lipinski definition) is 4. The van der Waals surface area contributed by atoms with Gasteiger partial charge in [-0.15, -0.1) is 0 Å². The minimum atomic E-state index is -0.173. The smallest absolute Gasteiger partial charge is 0.325 e. The number of likely N-dealkylation sites (tertiary alicyclic amines) is 1. The number of aromatic nitrogens is 2. The van der Waals surface area contributed by atoms with Crippen molar-refractivity contribution in [3.8, 4) is 16.9 Å². The first-order chi connectivity index (χ1) is 18.0. The number of aromatic amines is 1. The first-order valence-corrected chi connectivity index (χ1v) is 13.6. The van der Waals surface area contributed by atoms with Crippen molar-refractivity contribution in [1.82, 2.24) is 20.0 Å². The van der Waals surface area contributed by atoms with Crippen LogP contribution < -0.4 is 9.64 Å². The van der Waals surface area contributed by atoms with Crippen LogP contribution in [0.3, 0.4) is 0 Å². The summed E-state index contributed by atoms with van der Waals surface area (Å²) in [5, 5.41) is 6.92. The number of anilines is 1. The molecule has 0 unspecified atom stereocenters. The summed E-state index contributed by atoms with van der Waals surface area (Å²) in [4.78, 5) is 20.7. The number of piperidine rings is 1. The summed E-state index contributed by atoms with van der Waals surface area (Å²) in [6, 6.07) is 16.5. The molecule has 0 radical (unpaired) electrons. The second kappa shape index (κ2) is 11.0. The lowest BCUT2D eigenvalue weighted by Gasteiger charge is -2.44. The summed E-state index contributed by atoms with van der Waals surface area (Å²) in [5.74, 6) is 1.57. The zero-order chi connectivity index (χ0) is 25.8. The van der Waals surface area contributed by atoms with Gasteiger partial charge in [0.25, 0.3) is 0 Å². The Labute approximate surface area is 220 Å². The minimum Gasteiger partial charge on any atom is -0.497 e. The number of amides is 2. The second-order valence-electron chi connectivity index (χ2n) is 10.5. The molecule has 1 spiro atoms. The lowest BCUT2D eigenvalue weighted by molar-refractivity contribution is 0.0643. The maximum atomic E-state index is 14.0. The average molecular weight is 502 g/mol. The summed E-state index contributed by atoms with van der Waals surface area (Å²) >= 11 is 0. The van der Waals surface area contributed by atoms with E-state index in [-0.39, 0.29) is 11.6 Å². The van der Waals surface area contributed by atoms with Crippen molar-refractivity contribution >= 4 is 11.7 Å². The molecule has 0 aliphatic carbocycles. The van der Waals surface area contributed by atoms with Gasteiger partial charge in [0, 0.05) is 43.6 Å². The van der Waals surface area contributed by atoms with Gasteiger partial charge in [0.05, 0.1) is 25.4 Å². The zero-order valence-electron chi connectivity index (χ0n) is 22.3. The van der Waals surface area contributed by atoms with Gasteiger partial charge in [-0.05, 0) is 54.2 Å². The van der Waals surface area contributed by atoms with Crippen LogP contribution in [0, 0.1) is 5.92 Å². The number of rotatable bonds is 9. The molecule has 1 N–H and O–H groups in total. The molecular formula is C30H39N5O2. The molecule has 7 heteroatoms. The van der Waals surface area contributed by atoms with Gasteiger partial charge in [-0.1, -0.05) is 51.0 Å². The van der Waals surface area contributed by atoms with Crippen molar-refractivity contribution in [2.45, 2.75) is 51.6 Å². The molecule has 1 aromatic heterocycles. The highest BCUT2D eigenvalue weighted by molar-refractivity contribution is 5.95. The Morgan fingerprint density at radius 2 is 1.81 bits per heavy atom. The Hall–Kier alpha value is -3.32. The number of benzene rings is 2. The molecule has 0 atom stereocenters. The molecular weight excluding hydrogens is 462 g/mol. The molecule has 2 aromatic carbocycles. The van der Waals surface area contributed by atoms with Gasteiger partial charge in [-0.25, -0.2) is 4.79 Å². The van der Waals surface area contributed by atoms with E-state index in [1.54, 1.807) is 7.11 Å². The van der Waals surface area contributed by atoms with E-state index in [0.29, 0.717) is 6.54 Å². The largest absolute Gasteiger partial charge is 0.497 e. The molecule has 3 aromatic rings. The summed E-state index contributed by atoms with van der Waals surface area (Å²) in [6.07, 6.45) is 8.13. The van der Waals surface area contributed by atoms with E-state index in [1.165, 1.54) is 12.8 Å². The predicted molar refractivity (Wildman–Crippen MR) is 148 cm³/mol. The number of H-pyrrole nitrogens is 1. The van der Waals surface area contributed by atoms with Crippen molar-refractivity contribution < 1.29 is 9.53 Å². The highest BCUT2D eigenvalue weighted by Gasteiger charge is 2.51. The zero-order valence-corrected chi connectivity index (χ0v) is 22.3. The quantitative estimate of drug-likeness (QED) is 0.403. The van der Waals surface area contributed by atoms with E-state index in [4.69, 9.17) is 4.74 Å². The molecule has 37 heavy (non-hydrogen) atoms. The molecule has 2 aliphatic heterocycles. The van der Waals surface area contributed by atoms with Gasteiger partial charge in [-0.2, -0.15) is 5.10 Å². The number of urea groups is 1. The Morgan fingerprint density at radius 3 is 2.46 bits per heavy atom. The molecule has 3 heterocycles. The molecule has 196 valence electrons. The molecule has 2 amide bonds. The fourth-order valence-corrected chi connectivity index (χ4v) is 5.92. The van der Waals surface area contributed by atoms with Crippen molar-refractivity contribution in [3.63, 3.8) is 0 Å². The third-order valence-electron chi connectivity index (χ3n) is 8.43. The summed E-state index contributed by atoms with van der Waals surface area (Å²) in [7, 11) is 1.69. The van der Waals surface area contributed by atoms with Crippen LogP contribution in [-0.4, -0.2) is 64.9 Å². The van der Waals surface area contributed by atoms with E-state index in [0.717, 1.165) is 73.1 Å². The first-order valence-electron chi connectivity index (χ1n) is 13.6. The van der Waals surface area contributed by atoms with Gasteiger partial charge in [0.15, 0.2) is 0 Å². The molecule has 0 saturated carbocycles. The lowest BCUT2D eigenvalue weighted by Crippen LogP contribution is -2.54. The Kier molecular flexibility index (Phi) is 7.51. The van der Waals surface area contributed by atoms with Crippen molar-refractivity contribution in [2.24, 2.45) is 5.92 Å². The number of nitrogens with zero attached hydrogens (tertiary/aromatic N) is 4. The number of nitrogens with one attached hydrogen (secondary N) is 1. The van der Waals surface area contributed by atoms with Crippen LogP contribution in [0.2, 0.25) is 0 Å². The van der Waals surface area contributed by atoms with E-state index in [1.807, 2.05) is 35.5 Å². The van der Waals surface area contributed by atoms with Crippen LogP contribution >= 0.6 is 0 Å². The number of carbonyl (C=O) groups is 1. The minimum absolute atomic E-state index is 0.0901. The molecule has 2 aliphatic rings. The predicted octanol–water partition coefficient (Wildman–Crippen LogP) is 5.80. The van der Waals surface area contributed by atoms with E-state index in [2.05, 4.69) is 64.2 Å². The average Bonchev–Trinajstić information content (AvgIpc) is 3.57. The SMILES string of the molecule is CCC(CC)CN1CCC2(CC1)CN(c1ccc(-c3cn[nH]c3)cc1)C(=O)N2Cc1cccc(OC)c1. The first kappa shape index (κ1) is 25.3. The van der Waals surface area contributed by atoms with Gasteiger partial charge in [0.1, 0.15) is 5.75 Å². The van der Waals surface area contributed by atoms with Crippen LogP contribution in [0.25, 0.3) is 11.1 Å². The van der Waals surface area contributed by atoms with Crippen molar-refractivity contribution in [1.29, 1.82) is 0 Å². The van der Waals surface area contributed by atoms with Crippen molar-refractivity contribution in [3.05, 3.63) is 66.5 Å². The standard InChI is InChI=1S/C30H39N5O2/c1-4-23(5-2)20-33-15-13-30(14-16-33)22-34(27-11-9-25(10-12-27)26-18-31-32-19-26)29(36)35(30)21-24-7-6-8-28(17-24)37-3/h6-12,17-19,23H,4-5,13-16,20-22H2,1-3H3,(H,31,32). The highest BCUT2D eigenvalue weighted by atomic mass is 16.5. The third kappa shape index (κ3) is 5.23. The number of methoxy groups -OCH3 is 1. The third-order valence-corrected chi connectivity index (χ3v) is 8.43. The maximum Gasteiger partial charge on any atom is 0.325 e. The van der Waals surface area contributed by atoms with Gasteiger partial charge in [-0.3, -0.25) is 10.00 Å². The summed E-state index contributed by atoms with van der Waals surface area (Å²) in [6.45, 7) is 9.12. The fourth-order valence-electron chi connectivity index (χ4n) is 5.92. The van der Waals surface area contributed by atoms with E-state index >= 15 is 0 Å². The monoisotopic (exact) mass is 501 g/mol. The number of carbonyl (C=O) groups excluding carboxylic acids is 1. The molecule has 0 bridgehead atoms. The second-order valence-corrected chi connectivity index (χ2v) is 10.5.